The van der Waals surface area contributed by atoms with Gasteiger partial charge in [0.05, 0.1) is 27.8 Å². The van der Waals surface area contributed by atoms with Crippen LogP contribution >= 0.6 is 23.2 Å². The molecular formula is C21H24Cl2N2O4. The Balaban J connectivity index is 1.65. The molecule has 156 valence electrons. The Kier molecular flexibility index (Phi) is 6.56. The second-order valence-corrected chi connectivity index (χ2v) is 8.09. The standard InChI is InChI=1S/C21H24Cl2N2O4/c1-3-29-20(27)13-5-4-6-14(11-13)21(28)9-7-15(8-10-21)25-19(26)18-17(23)16(22)12(2)24-18/h4-6,11,15,24,28H,3,7-10H2,1-2H3,(H,25,26). The minimum Gasteiger partial charge on any atom is -0.462 e. The number of carbonyl (C=O) groups excluding carboxylic acids is 2. The number of hydrogen-bond acceptors (Lipinski definition) is 4. The molecule has 0 aliphatic heterocycles. The summed E-state index contributed by atoms with van der Waals surface area (Å²) < 4.78 is 5.03. The lowest BCUT2D eigenvalue weighted by atomic mass is 9.77. The number of hydrogen-bond donors (Lipinski definition) is 3. The maximum absolute atomic E-state index is 12.5. The zero-order chi connectivity index (χ0) is 21.2. The number of rotatable bonds is 5. The van der Waals surface area contributed by atoms with Crippen molar-refractivity contribution < 1.29 is 19.4 Å². The van der Waals surface area contributed by atoms with Crippen molar-refractivity contribution in [2.75, 3.05) is 6.61 Å². The van der Waals surface area contributed by atoms with Crippen molar-refractivity contribution in [1.29, 1.82) is 0 Å². The smallest absolute Gasteiger partial charge is 0.338 e. The van der Waals surface area contributed by atoms with Gasteiger partial charge in [-0.3, -0.25) is 4.79 Å². The minimum absolute atomic E-state index is 0.0885. The van der Waals surface area contributed by atoms with Crippen LogP contribution in [0.5, 0.6) is 0 Å². The maximum atomic E-state index is 12.5. The summed E-state index contributed by atoms with van der Waals surface area (Å²) in [5.74, 6) is -0.722. The van der Waals surface area contributed by atoms with Gasteiger partial charge in [0.15, 0.2) is 0 Å². The van der Waals surface area contributed by atoms with E-state index in [1.807, 2.05) is 6.07 Å². The van der Waals surface area contributed by atoms with Crippen molar-refractivity contribution in [2.45, 2.75) is 51.2 Å². The fourth-order valence-corrected chi connectivity index (χ4v) is 4.08. The summed E-state index contributed by atoms with van der Waals surface area (Å²) in [5.41, 5.74) is 0.941. The molecule has 0 spiro atoms. The van der Waals surface area contributed by atoms with E-state index in [1.54, 1.807) is 32.0 Å². The predicted octanol–water partition coefficient (Wildman–Crippen LogP) is 4.37. The normalized spacial score (nSPS) is 21.6. The molecule has 1 aromatic carbocycles. The van der Waals surface area contributed by atoms with Crippen molar-refractivity contribution in [3.8, 4) is 0 Å². The zero-order valence-corrected chi connectivity index (χ0v) is 17.9. The van der Waals surface area contributed by atoms with E-state index in [9.17, 15) is 14.7 Å². The fraction of sp³-hybridized carbons (Fsp3) is 0.429. The molecule has 1 aliphatic carbocycles. The van der Waals surface area contributed by atoms with Gasteiger partial charge in [0.1, 0.15) is 5.69 Å². The third kappa shape index (κ3) is 4.60. The average molecular weight is 439 g/mol. The third-order valence-corrected chi connectivity index (χ3v) is 6.29. The first-order valence-corrected chi connectivity index (χ1v) is 10.3. The molecule has 0 radical (unpaired) electrons. The number of aliphatic hydroxyl groups is 1. The van der Waals surface area contributed by atoms with Gasteiger partial charge in [0.25, 0.3) is 5.91 Å². The van der Waals surface area contributed by atoms with Crippen LogP contribution in [0.15, 0.2) is 24.3 Å². The first-order valence-electron chi connectivity index (χ1n) is 9.59. The number of esters is 1. The van der Waals surface area contributed by atoms with Gasteiger partial charge in [-0.05, 0) is 57.2 Å². The van der Waals surface area contributed by atoms with E-state index in [2.05, 4.69) is 10.3 Å². The number of carbonyl (C=O) groups is 2. The van der Waals surface area contributed by atoms with Crippen LogP contribution < -0.4 is 5.32 Å². The van der Waals surface area contributed by atoms with Gasteiger partial charge in [-0.25, -0.2) is 4.79 Å². The summed E-state index contributed by atoms with van der Waals surface area (Å²) in [5, 5.41) is 14.6. The lowest BCUT2D eigenvalue weighted by Crippen LogP contribution is -2.42. The number of halogens is 2. The van der Waals surface area contributed by atoms with Gasteiger partial charge >= 0.3 is 5.97 Å². The predicted molar refractivity (Wildman–Crippen MR) is 112 cm³/mol. The molecule has 0 unspecified atom stereocenters. The molecule has 2 aromatic rings. The molecule has 1 saturated carbocycles. The minimum atomic E-state index is -1.05. The largest absolute Gasteiger partial charge is 0.462 e. The molecule has 0 saturated heterocycles. The van der Waals surface area contributed by atoms with E-state index < -0.39 is 11.6 Å². The van der Waals surface area contributed by atoms with E-state index in [0.29, 0.717) is 54.1 Å². The van der Waals surface area contributed by atoms with Gasteiger partial charge in [-0.2, -0.15) is 0 Å². The fourth-order valence-electron chi connectivity index (χ4n) is 3.66. The Hall–Kier alpha value is -2.02. The molecule has 1 fully saturated rings. The van der Waals surface area contributed by atoms with Crippen molar-refractivity contribution >= 4 is 35.1 Å². The SMILES string of the molecule is CCOC(=O)c1cccc(C2(O)CCC(NC(=O)c3[nH]c(C)c(Cl)c3Cl)CC2)c1. The van der Waals surface area contributed by atoms with Gasteiger partial charge < -0.3 is 20.1 Å². The second kappa shape index (κ2) is 8.78. The highest BCUT2D eigenvalue weighted by molar-refractivity contribution is 6.44. The molecule has 0 bridgehead atoms. The molecule has 1 amide bonds. The van der Waals surface area contributed by atoms with Crippen LogP contribution in [0, 0.1) is 6.92 Å². The van der Waals surface area contributed by atoms with Crippen LogP contribution in [-0.4, -0.2) is 34.6 Å². The number of H-pyrrole nitrogens is 1. The Morgan fingerprint density at radius 3 is 2.55 bits per heavy atom. The van der Waals surface area contributed by atoms with E-state index in [0.717, 1.165) is 0 Å². The highest BCUT2D eigenvalue weighted by atomic mass is 35.5. The maximum Gasteiger partial charge on any atom is 0.338 e. The number of aromatic amines is 1. The number of ether oxygens (including phenoxy) is 1. The summed E-state index contributed by atoms with van der Waals surface area (Å²) in [4.78, 5) is 27.4. The first kappa shape index (κ1) is 21.7. The molecule has 1 heterocycles. The monoisotopic (exact) mass is 438 g/mol. The van der Waals surface area contributed by atoms with E-state index in [-0.39, 0.29) is 22.7 Å². The highest BCUT2D eigenvalue weighted by Crippen LogP contribution is 2.38. The van der Waals surface area contributed by atoms with Crippen molar-refractivity contribution in [3.63, 3.8) is 0 Å². The average Bonchev–Trinajstić information content (AvgIpc) is 2.97. The van der Waals surface area contributed by atoms with Gasteiger partial charge in [0, 0.05) is 11.7 Å². The molecule has 8 heteroatoms. The summed E-state index contributed by atoms with van der Waals surface area (Å²) in [7, 11) is 0. The molecule has 3 rings (SSSR count). The third-order valence-electron chi connectivity index (χ3n) is 5.34. The van der Waals surface area contributed by atoms with E-state index >= 15 is 0 Å². The Bertz CT molecular complexity index is 917. The van der Waals surface area contributed by atoms with E-state index in [1.165, 1.54) is 0 Å². The Morgan fingerprint density at radius 1 is 1.28 bits per heavy atom. The number of benzene rings is 1. The second-order valence-electron chi connectivity index (χ2n) is 7.33. The molecule has 29 heavy (non-hydrogen) atoms. The summed E-state index contributed by atoms with van der Waals surface area (Å²) in [6.45, 7) is 3.79. The molecule has 3 N–H and O–H groups in total. The van der Waals surface area contributed by atoms with Crippen LogP contribution in [0.1, 0.15) is 64.7 Å². The number of aryl methyl sites for hydroxylation is 1. The first-order chi connectivity index (χ1) is 13.7. The molecule has 0 atom stereocenters. The lowest BCUT2D eigenvalue weighted by Gasteiger charge is -2.36. The van der Waals surface area contributed by atoms with Gasteiger partial charge in [-0.1, -0.05) is 35.3 Å². The summed E-state index contributed by atoms with van der Waals surface area (Å²) >= 11 is 12.1. The van der Waals surface area contributed by atoms with Gasteiger partial charge in [0.2, 0.25) is 0 Å². The van der Waals surface area contributed by atoms with Crippen molar-refractivity contribution in [1.82, 2.24) is 10.3 Å². The van der Waals surface area contributed by atoms with Crippen LogP contribution in [-0.2, 0) is 10.3 Å². The zero-order valence-electron chi connectivity index (χ0n) is 16.4. The molecule has 1 aromatic heterocycles. The topological polar surface area (TPSA) is 91.4 Å². The van der Waals surface area contributed by atoms with Crippen LogP contribution in [0.2, 0.25) is 10.0 Å². The Morgan fingerprint density at radius 2 is 1.97 bits per heavy atom. The summed E-state index contributed by atoms with van der Waals surface area (Å²) in [6, 6.07) is 6.82. The quantitative estimate of drug-likeness (QED) is 0.604. The highest BCUT2D eigenvalue weighted by Gasteiger charge is 2.36. The van der Waals surface area contributed by atoms with Crippen LogP contribution in [0.25, 0.3) is 0 Å². The van der Waals surface area contributed by atoms with Gasteiger partial charge in [-0.15, -0.1) is 0 Å². The molecule has 6 nitrogen and oxygen atoms in total. The number of nitrogens with one attached hydrogen (secondary N) is 2. The summed E-state index contributed by atoms with van der Waals surface area (Å²) in [6.07, 6.45) is 2.11. The molecule has 1 aliphatic rings. The molecular weight excluding hydrogens is 415 g/mol. The number of amides is 1. The van der Waals surface area contributed by atoms with Crippen LogP contribution in [0.3, 0.4) is 0 Å². The Labute approximate surface area is 179 Å². The van der Waals surface area contributed by atoms with Crippen LogP contribution in [0.4, 0.5) is 0 Å². The number of aromatic nitrogens is 1. The van der Waals surface area contributed by atoms with E-state index in [4.69, 9.17) is 27.9 Å². The van der Waals surface area contributed by atoms with Crippen molar-refractivity contribution in [3.05, 3.63) is 56.8 Å². The van der Waals surface area contributed by atoms with Crippen molar-refractivity contribution in [2.24, 2.45) is 0 Å². The lowest BCUT2D eigenvalue weighted by molar-refractivity contribution is -0.00813.